The smallest absolute Gasteiger partial charge is 0.0723 e. The SMILES string of the molecule is CC12CC3CC(C)(C1)CC(C(O)CN1CCOCC1)(C3)C2.Cl. The Bertz CT molecular complexity index is 405. The van der Waals surface area contributed by atoms with Gasteiger partial charge in [0.25, 0.3) is 0 Å². The second kappa shape index (κ2) is 5.61. The van der Waals surface area contributed by atoms with Gasteiger partial charge in [-0.3, -0.25) is 4.90 Å². The second-order valence-electron chi connectivity index (χ2n) is 9.42. The number of aliphatic hydroxyl groups is 1. The zero-order valence-corrected chi connectivity index (χ0v) is 15.0. The quantitative estimate of drug-likeness (QED) is 0.863. The van der Waals surface area contributed by atoms with Gasteiger partial charge in [0.2, 0.25) is 0 Å². The molecule has 0 amide bonds. The third-order valence-corrected chi connectivity index (χ3v) is 6.91. The van der Waals surface area contributed by atoms with Crippen LogP contribution in [0.2, 0.25) is 0 Å². The summed E-state index contributed by atoms with van der Waals surface area (Å²) in [6.45, 7) is 9.49. The van der Waals surface area contributed by atoms with E-state index in [2.05, 4.69) is 18.7 Å². The van der Waals surface area contributed by atoms with E-state index in [4.69, 9.17) is 4.74 Å². The molecule has 1 saturated heterocycles. The third-order valence-electron chi connectivity index (χ3n) is 6.91. The second-order valence-corrected chi connectivity index (χ2v) is 9.42. The summed E-state index contributed by atoms with van der Waals surface area (Å²) >= 11 is 0. The Kier molecular flexibility index (Phi) is 4.34. The average Bonchev–Trinajstić information content (AvgIpc) is 2.35. The molecule has 5 rings (SSSR count). The van der Waals surface area contributed by atoms with Crippen molar-refractivity contribution in [3.05, 3.63) is 0 Å². The standard InChI is InChI=1S/C18H31NO2.ClH/c1-16-7-14-8-17(2,11-16)13-18(9-14,12-16)15(20)10-19-3-5-21-6-4-19;/h14-15,20H,3-13H2,1-2H3;1H. The average molecular weight is 330 g/mol. The molecule has 0 radical (unpaired) electrons. The highest BCUT2D eigenvalue weighted by Gasteiger charge is 2.62. The number of nitrogens with zero attached hydrogens (tertiary/aromatic N) is 1. The first-order valence-electron chi connectivity index (χ1n) is 8.89. The molecule has 4 bridgehead atoms. The molecule has 0 spiro atoms. The summed E-state index contributed by atoms with van der Waals surface area (Å²) in [5.74, 6) is 0.871. The van der Waals surface area contributed by atoms with E-state index in [0.29, 0.717) is 10.8 Å². The molecule has 4 heteroatoms. The normalized spacial score (nSPS) is 49.0. The van der Waals surface area contributed by atoms with Gasteiger partial charge in [-0.1, -0.05) is 13.8 Å². The molecule has 1 heterocycles. The van der Waals surface area contributed by atoms with Gasteiger partial charge in [-0.25, -0.2) is 0 Å². The molecular weight excluding hydrogens is 298 g/mol. The van der Waals surface area contributed by atoms with Crippen LogP contribution in [0.3, 0.4) is 0 Å². The van der Waals surface area contributed by atoms with Crippen molar-refractivity contribution in [2.24, 2.45) is 22.2 Å². The van der Waals surface area contributed by atoms with Crippen LogP contribution in [0, 0.1) is 22.2 Å². The molecule has 4 saturated carbocycles. The predicted molar refractivity (Wildman–Crippen MR) is 90.4 cm³/mol. The van der Waals surface area contributed by atoms with Crippen LogP contribution in [0.4, 0.5) is 0 Å². The van der Waals surface area contributed by atoms with E-state index in [0.717, 1.165) is 38.8 Å². The van der Waals surface area contributed by atoms with Gasteiger partial charge in [-0.2, -0.15) is 0 Å². The number of ether oxygens (including phenoxy) is 1. The minimum Gasteiger partial charge on any atom is -0.391 e. The topological polar surface area (TPSA) is 32.7 Å². The van der Waals surface area contributed by atoms with E-state index < -0.39 is 0 Å². The molecule has 5 fully saturated rings. The molecule has 4 aliphatic carbocycles. The lowest BCUT2D eigenvalue weighted by atomic mass is 9.39. The van der Waals surface area contributed by atoms with Gasteiger partial charge in [0, 0.05) is 19.6 Å². The van der Waals surface area contributed by atoms with Crippen molar-refractivity contribution < 1.29 is 9.84 Å². The lowest BCUT2D eigenvalue weighted by Gasteiger charge is -2.66. The summed E-state index contributed by atoms with van der Waals surface area (Å²) in [6, 6.07) is 0. The van der Waals surface area contributed by atoms with Crippen molar-refractivity contribution >= 4 is 12.4 Å². The van der Waals surface area contributed by atoms with E-state index in [9.17, 15) is 5.11 Å². The van der Waals surface area contributed by atoms with E-state index in [-0.39, 0.29) is 23.9 Å². The fourth-order valence-corrected chi connectivity index (χ4v) is 7.13. The summed E-state index contributed by atoms with van der Waals surface area (Å²) in [6.07, 6.45) is 7.88. The Morgan fingerprint density at radius 1 is 1.05 bits per heavy atom. The Morgan fingerprint density at radius 3 is 2.18 bits per heavy atom. The molecular formula is C18H32ClNO2. The molecule has 3 atom stereocenters. The summed E-state index contributed by atoms with van der Waals surface area (Å²) in [5.41, 5.74) is 1.21. The number of hydrogen-bond donors (Lipinski definition) is 1. The number of β-amino-alcohol motifs (C(OH)–C–C–N with tert-alkyl or cyclic N) is 1. The Hall–Kier alpha value is 0.170. The van der Waals surface area contributed by atoms with Crippen molar-refractivity contribution in [2.45, 2.75) is 58.5 Å². The summed E-state index contributed by atoms with van der Waals surface area (Å²) < 4.78 is 5.44. The van der Waals surface area contributed by atoms with Gasteiger partial charge in [-0.05, 0) is 60.7 Å². The maximum Gasteiger partial charge on any atom is 0.0723 e. The maximum absolute atomic E-state index is 11.1. The first-order chi connectivity index (χ1) is 9.91. The molecule has 3 unspecified atom stereocenters. The monoisotopic (exact) mass is 329 g/mol. The largest absolute Gasteiger partial charge is 0.391 e. The molecule has 128 valence electrons. The van der Waals surface area contributed by atoms with Crippen molar-refractivity contribution in [3.8, 4) is 0 Å². The van der Waals surface area contributed by atoms with Crippen molar-refractivity contribution in [2.75, 3.05) is 32.8 Å². The van der Waals surface area contributed by atoms with Crippen LogP contribution in [0.5, 0.6) is 0 Å². The van der Waals surface area contributed by atoms with Gasteiger partial charge < -0.3 is 9.84 Å². The lowest BCUT2D eigenvalue weighted by molar-refractivity contribution is -0.189. The van der Waals surface area contributed by atoms with E-state index in [1.807, 2.05) is 0 Å². The molecule has 0 aromatic heterocycles. The van der Waals surface area contributed by atoms with Gasteiger partial charge in [0.15, 0.2) is 0 Å². The molecule has 0 aromatic carbocycles. The summed E-state index contributed by atoms with van der Waals surface area (Å²) in [7, 11) is 0. The predicted octanol–water partition coefficient (Wildman–Crippen LogP) is 3.10. The van der Waals surface area contributed by atoms with Gasteiger partial charge >= 0.3 is 0 Å². The minimum absolute atomic E-state index is 0. The van der Waals surface area contributed by atoms with E-state index in [1.165, 1.54) is 38.5 Å². The molecule has 1 N–H and O–H groups in total. The Morgan fingerprint density at radius 2 is 1.64 bits per heavy atom. The molecule has 0 aromatic rings. The number of rotatable bonds is 3. The van der Waals surface area contributed by atoms with Crippen LogP contribution in [0.25, 0.3) is 0 Å². The number of morpholine rings is 1. The van der Waals surface area contributed by atoms with Gasteiger partial charge in [-0.15, -0.1) is 12.4 Å². The van der Waals surface area contributed by atoms with Gasteiger partial charge in [0.1, 0.15) is 0 Å². The van der Waals surface area contributed by atoms with E-state index >= 15 is 0 Å². The number of halogens is 1. The fraction of sp³-hybridized carbons (Fsp3) is 1.00. The molecule has 5 aliphatic rings. The summed E-state index contributed by atoms with van der Waals surface area (Å²) in [4.78, 5) is 2.41. The van der Waals surface area contributed by atoms with Crippen LogP contribution in [-0.4, -0.2) is 49.0 Å². The fourth-order valence-electron chi connectivity index (χ4n) is 7.13. The summed E-state index contributed by atoms with van der Waals surface area (Å²) in [5, 5.41) is 11.1. The molecule has 3 nitrogen and oxygen atoms in total. The van der Waals surface area contributed by atoms with Crippen molar-refractivity contribution in [1.29, 1.82) is 0 Å². The highest BCUT2D eigenvalue weighted by molar-refractivity contribution is 5.85. The number of hydrogen-bond acceptors (Lipinski definition) is 3. The molecule has 22 heavy (non-hydrogen) atoms. The third kappa shape index (κ3) is 2.83. The highest BCUT2D eigenvalue weighted by atomic mass is 35.5. The first-order valence-corrected chi connectivity index (χ1v) is 8.89. The first kappa shape index (κ1) is 17.0. The minimum atomic E-state index is -0.141. The number of aliphatic hydroxyl groups excluding tert-OH is 1. The Labute approximate surface area is 141 Å². The van der Waals surface area contributed by atoms with Crippen LogP contribution in [0.1, 0.15) is 52.4 Å². The zero-order chi connectivity index (χ0) is 14.7. The van der Waals surface area contributed by atoms with Gasteiger partial charge in [0.05, 0.1) is 19.3 Å². The zero-order valence-electron chi connectivity index (χ0n) is 14.1. The van der Waals surface area contributed by atoms with Crippen LogP contribution < -0.4 is 0 Å². The van der Waals surface area contributed by atoms with E-state index in [1.54, 1.807) is 0 Å². The van der Waals surface area contributed by atoms with Crippen LogP contribution in [-0.2, 0) is 4.74 Å². The van der Waals surface area contributed by atoms with Crippen LogP contribution in [0.15, 0.2) is 0 Å². The van der Waals surface area contributed by atoms with Crippen molar-refractivity contribution in [1.82, 2.24) is 4.90 Å². The molecule has 1 aliphatic heterocycles. The van der Waals surface area contributed by atoms with Crippen molar-refractivity contribution in [3.63, 3.8) is 0 Å². The van der Waals surface area contributed by atoms with Crippen LogP contribution >= 0.6 is 12.4 Å². The maximum atomic E-state index is 11.1. The lowest BCUT2D eigenvalue weighted by Crippen LogP contribution is -2.60. The highest BCUT2D eigenvalue weighted by Crippen LogP contribution is 2.70. The Balaban J connectivity index is 0.00000144.